The maximum atomic E-state index is 13.2. The molecule has 2 bridgehead atoms. The number of carbonyl (C=O) groups excluding carboxylic acids is 1. The Morgan fingerprint density at radius 3 is 2.50 bits per heavy atom. The monoisotopic (exact) mass is 584 g/mol. The van der Waals surface area contributed by atoms with Crippen LogP contribution in [0.4, 0.5) is 10.5 Å². The van der Waals surface area contributed by atoms with Crippen LogP contribution in [-0.4, -0.2) is 51.9 Å². The van der Waals surface area contributed by atoms with E-state index in [1.165, 1.54) is 12.1 Å². The predicted octanol–water partition coefficient (Wildman–Crippen LogP) is 6.55. The second-order valence-electron chi connectivity index (χ2n) is 10.6. The van der Waals surface area contributed by atoms with E-state index < -0.39 is 5.97 Å². The van der Waals surface area contributed by atoms with Gasteiger partial charge in [0.25, 0.3) is 0 Å². The summed E-state index contributed by atoms with van der Waals surface area (Å²) < 4.78 is 11.4. The van der Waals surface area contributed by atoms with Crippen LogP contribution in [-0.2, 0) is 6.54 Å². The van der Waals surface area contributed by atoms with E-state index in [9.17, 15) is 14.7 Å². The number of carbonyl (C=O) groups is 2. The molecule has 2 aliphatic carbocycles. The minimum atomic E-state index is -1.05. The average molecular weight is 585 g/mol. The van der Waals surface area contributed by atoms with Crippen molar-refractivity contribution in [2.24, 2.45) is 0 Å². The molecule has 2 saturated carbocycles. The average Bonchev–Trinajstić information content (AvgIpc) is 3.68. The molecule has 2 atom stereocenters. The Balaban J connectivity index is 1.12. The van der Waals surface area contributed by atoms with E-state index in [0.717, 1.165) is 43.4 Å². The number of carboxylic acid groups (broad SMARTS) is 1. The van der Waals surface area contributed by atoms with Crippen molar-refractivity contribution >= 4 is 40.9 Å². The quantitative estimate of drug-likeness (QED) is 0.261. The molecule has 1 aromatic heterocycles. The zero-order valence-electron chi connectivity index (χ0n) is 22.0. The summed E-state index contributed by atoms with van der Waals surface area (Å²) in [5.41, 5.74) is 2.94. The highest BCUT2D eigenvalue weighted by Crippen LogP contribution is 2.46. The van der Waals surface area contributed by atoms with E-state index in [1.807, 2.05) is 17.9 Å². The Morgan fingerprint density at radius 1 is 1.12 bits per heavy atom. The van der Waals surface area contributed by atoms with E-state index in [1.54, 1.807) is 18.2 Å². The standard InChI is InChI=1S/C29H30Cl2N4O5/c1-2-39-24-10-16(28(36)37)8-9-23(24)33-29(38)35-18-11-17(12-19(35)13-18)32-14-20-26(34-40-27(20)15-6-7-15)25-21(30)4-3-5-22(25)31/h3-5,8-10,15,17-19,32H,2,6-7,11-14H2,1H3,(H,33,38)(H,36,37). The molecule has 2 aromatic carbocycles. The first kappa shape index (κ1) is 26.9. The lowest BCUT2D eigenvalue weighted by atomic mass is 9.77. The molecule has 0 spiro atoms. The minimum absolute atomic E-state index is 0.105. The van der Waals surface area contributed by atoms with Gasteiger partial charge in [-0.3, -0.25) is 0 Å². The van der Waals surface area contributed by atoms with Gasteiger partial charge in [-0.05, 0) is 69.4 Å². The number of hydrogen-bond acceptors (Lipinski definition) is 6. The molecule has 3 N–H and O–H groups in total. The molecule has 2 aliphatic heterocycles. The van der Waals surface area contributed by atoms with Gasteiger partial charge in [0.15, 0.2) is 0 Å². The molecule has 4 aliphatic rings. The van der Waals surface area contributed by atoms with Crippen LogP contribution in [0.1, 0.15) is 66.6 Å². The fourth-order valence-corrected chi connectivity index (χ4v) is 6.49. The number of hydrogen-bond donors (Lipinski definition) is 3. The number of nitrogens with zero attached hydrogens (tertiary/aromatic N) is 2. The highest BCUT2D eigenvalue weighted by Gasteiger charge is 2.48. The summed E-state index contributed by atoms with van der Waals surface area (Å²) in [7, 11) is 0. The molecule has 2 saturated heterocycles. The Kier molecular flexibility index (Phi) is 7.37. The van der Waals surface area contributed by atoms with E-state index in [-0.39, 0.29) is 29.7 Å². The van der Waals surface area contributed by atoms with Gasteiger partial charge in [-0.25, -0.2) is 9.59 Å². The number of anilines is 1. The molecule has 210 valence electrons. The third-order valence-electron chi connectivity index (χ3n) is 7.98. The lowest BCUT2D eigenvalue weighted by molar-refractivity contribution is 0.000844. The molecule has 7 rings (SSSR count). The Morgan fingerprint density at radius 2 is 1.85 bits per heavy atom. The topological polar surface area (TPSA) is 117 Å². The highest BCUT2D eigenvalue weighted by atomic mass is 35.5. The molecule has 40 heavy (non-hydrogen) atoms. The maximum Gasteiger partial charge on any atom is 0.335 e. The molecule has 3 aromatic rings. The van der Waals surface area contributed by atoms with Gasteiger partial charge in [0.1, 0.15) is 17.2 Å². The van der Waals surface area contributed by atoms with Gasteiger partial charge in [-0.15, -0.1) is 0 Å². The first-order valence-corrected chi connectivity index (χ1v) is 14.3. The summed E-state index contributed by atoms with van der Waals surface area (Å²) in [6.07, 6.45) is 4.78. The van der Waals surface area contributed by atoms with Crippen molar-refractivity contribution in [3.8, 4) is 17.0 Å². The van der Waals surface area contributed by atoms with Gasteiger partial charge in [-0.2, -0.15) is 0 Å². The molecule has 0 radical (unpaired) electrons. The third-order valence-corrected chi connectivity index (χ3v) is 8.61. The Labute approximate surface area is 241 Å². The number of urea groups is 1. The predicted molar refractivity (Wildman–Crippen MR) is 151 cm³/mol. The van der Waals surface area contributed by atoms with Gasteiger partial charge in [0, 0.05) is 41.7 Å². The Bertz CT molecular complexity index is 1420. The van der Waals surface area contributed by atoms with Crippen molar-refractivity contribution in [2.75, 3.05) is 11.9 Å². The second kappa shape index (κ2) is 11.0. The van der Waals surface area contributed by atoms with Crippen LogP contribution >= 0.6 is 23.2 Å². The molecule has 11 heteroatoms. The number of aromatic carboxylic acids is 1. The van der Waals surface area contributed by atoms with Crippen molar-refractivity contribution in [3.63, 3.8) is 0 Å². The smallest absolute Gasteiger partial charge is 0.335 e. The molecule has 4 fully saturated rings. The van der Waals surface area contributed by atoms with Gasteiger partial charge in [0.05, 0.1) is 27.9 Å². The van der Waals surface area contributed by atoms with Gasteiger partial charge >= 0.3 is 12.0 Å². The van der Waals surface area contributed by atoms with Crippen molar-refractivity contribution < 1.29 is 24.0 Å². The van der Waals surface area contributed by atoms with Crippen molar-refractivity contribution in [3.05, 3.63) is 63.3 Å². The number of ether oxygens (including phenoxy) is 1. The fourth-order valence-electron chi connectivity index (χ4n) is 5.91. The van der Waals surface area contributed by atoms with Crippen LogP contribution in [0.15, 0.2) is 40.9 Å². The highest BCUT2D eigenvalue weighted by molar-refractivity contribution is 6.39. The molecule has 3 heterocycles. The number of aromatic nitrogens is 1. The summed E-state index contributed by atoms with van der Waals surface area (Å²) in [6, 6.07) is 10.2. The number of piperidine rings is 1. The van der Waals surface area contributed by atoms with Crippen LogP contribution in [0.25, 0.3) is 11.3 Å². The number of fused-ring (bicyclic) bond motifs is 2. The summed E-state index contributed by atoms with van der Waals surface area (Å²) in [6.45, 7) is 2.74. The largest absolute Gasteiger partial charge is 0.492 e. The number of nitrogens with one attached hydrogen (secondary N) is 2. The van der Waals surface area contributed by atoms with Crippen molar-refractivity contribution in [2.45, 2.75) is 69.6 Å². The normalized spacial score (nSPS) is 21.6. The molecular formula is C29H30Cl2N4O5. The number of carboxylic acids is 1. The number of halogens is 2. The summed E-state index contributed by atoms with van der Waals surface area (Å²) in [4.78, 5) is 26.4. The van der Waals surface area contributed by atoms with Crippen LogP contribution < -0.4 is 15.4 Å². The van der Waals surface area contributed by atoms with Gasteiger partial charge < -0.3 is 29.9 Å². The number of benzene rings is 2. The second-order valence-corrected chi connectivity index (χ2v) is 11.4. The molecule has 9 nitrogen and oxygen atoms in total. The zero-order chi connectivity index (χ0) is 28.0. The van der Waals surface area contributed by atoms with Crippen LogP contribution in [0.5, 0.6) is 5.75 Å². The van der Waals surface area contributed by atoms with Crippen molar-refractivity contribution in [1.82, 2.24) is 15.4 Å². The van der Waals surface area contributed by atoms with Gasteiger partial charge in [0.2, 0.25) is 0 Å². The molecule has 2 amide bonds. The SMILES string of the molecule is CCOc1cc(C(=O)O)ccc1NC(=O)N1C2CC(NCc3c(-c4c(Cl)cccc4Cl)noc3C3CC3)CC1C2. The fraction of sp³-hybridized carbons (Fsp3) is 0.414. The Hall–Kier alpha value is -3.27. The van der Waals surface area contributed by atoms with Crippen LogP contribution in [0.2, 0.25) is 10.0 Å². The van der Waals surface area contributed by atoms with Gasteiger partial charge in [-0.1, -0.05) is 34.4 Å². The van der Waals surface area contributed by atoms with Crippen molar-refractivity contribution in [1.29, 1.82) is 0 Å². The van der Waals surface area contributed by atoms with E-state index in [4.69, 9.17) is 32.5 Å². The molecule has 2 unspecified atom stereocenters. The number of rotatable bonds is 9. The van der Waals surface area contributed by atoms with E-state index in [2.05, 4.69) is 15.8 Å². The lowest BCUT2D eigenvalue weighted by Gasteiger charge is -2.55. The van der Waals surface area contributed by atoms with Crippen LogP contribution in [0, 0.1) is 0 Å². The first-order chi connectivity index (χ1) is 19.3. The molecular weight excluding hydrogens is 555 g/mol. The van der Waals surface area contributed by atoms with E-state index in [0.29, 0.717) is 51.8 Å². The summed E-state index contributed by atoms with van der Waals surface area (Å²) >= 11 is 13.0. The first-order valence-electron chi connectivity index (χ1n) is 13.6. The summed E-state index contributed by atoms with van der Waals surface area (Å²) in [5, 5.41) is 21.4. The van der Waals surface area contributed by atoms with Crippen LogP contribution in [0.3, 0.4) is 0 Å². The minimum Gasteiger partial charge on any atom is -0.492 e. The summed E-state index contributed by atoms with van der Waals surface area (Å²) in [5.74, 6) is 0.576. The van der Waals surface area contributed by atoms with E-state index >= 15 is 0 Å². The lowest BCUT2D eigenvalue weighted by Crippen LogP contribution is -2.66. The number of amides is 2. The zero-order valence-corrected chi connectivity index (χ0v) is 23.5. The maximum absolute atomic E-state index is 13.2. The third kappa shape index (κ3) is 5.13.